The Kier molecular flexibility index (Phi) is 6.38. The Hall–Kier alpha value is -2.72. The molecule has 0 spiro atoms. The predicted molar refractivity (Wildman–Crippen MR) is 118 cm³/mol. The maximum Gasteiger partial charge on any atom is 0.246 e. The quantitative estimate of drug-likeness (QED) is 0.601. The minimum atomic E-state index is -3.73. The van der Waals surface area contributed by atoms with E-state index in [1.807, 2.05) is 12.1 Å². The Morgan fingerprint density at radius 2 is 1.87 bits per heavy atom. The van der Waals surface area contributed by atoms with E-state index in [0.717, 1.165) is 5.69 Å². The number of methoxy groups -OCH3 is 1. The molecule has 1 aromatic heterocycles. The summed E-state index contributed by atoms with van der Waals surface area (Å²) < 4.78 is 38.3. The molecule has 2 aromatic carbocycles. The van der Waals surface area contributed by atoms with Gasteiger partial charge in [-0.15, -0.1) is 10.2 Å². The smallest absolute Gasteiger partial charge is 0.246 e. The van der Waals surface area contributed by atoms with Gasteiger partial charge in [0.1, 0.15) is 10.6 Å². The number of sulfonamides is 1. The number of hydrogen-bond acceptors (Lipinski definition) is 7. The molecule has 162 valence electrons. The number of morpholine rings is 1. The Labute approximate surface area is 185 Å². The van der Waals surface area contributed by atoms with E-state index in [-0.39, 0.29) is 10.6 Å². The summed E-state index contributed by atoms with van der Waals surface area (Å²) in [5, 5.41) is 12.2. The largest absolute Gasteiger partial charge is 0.495 e. The van der Waals surface area contributed by atoms with Crippen LogP contribution in [-0.4, -0.2) is 56.3 Å². The molecule has 2 heterocycles. The van der Waals surface area contributed by atoms with Gasteiger partial charge in [0.05, 0.1) is 26.0 Å². The zero-order valence-corrected chi connectivity index (χ0v) is 18.4. The van der Waals surface area contributed by atoms with Crippen molar-refractivity contribution in [1.29, 1.82) is 0 Å². The van der Waals surface area contributed by atoms with Gasteiger partial charge in [0.15, 0.2) is 5.82 Å². The van der Waals surface area contributed by atoms with Crippen molar-refractivity contribution in [3.63, 3.8) is 0 Å². The minimum absolute atomic E-state index is 0.0947. The zero-order valence-electron chi connectivity index (χ0n) is 16.8. The molecule has 31 heavy (non-hydrogen) atoms. The highest BCUT2D eigenvalue weighted by atomic mass is 35.5. The first-order valence-electron chi connectivity index (χ1n) is 9.60. The number of aromatic nitrogens is 2. The SMILES string of the molecule is COc1ccc(-c2ccc(Nc3cccc(Cl)c3)nn2)cc1S(=O)(=O)N1CCOCC1. The molecule has 1 fully saturated rings. The van der Waals surface area contributed by atoms with E-state index in [2.05, 4.69) is 15.5 Å². The molecule has 0 unspecified atom stereocenters. The molecule has 0 amide bonds. The lowest BCUT2D eigenvalue weighted by molar-refractivity contribution is 0.0729. The first-order valence-corrected chi connectivity index (χ1v) is 11.4. The standard InChI is InChI=1S/C21H21ClN4O4S/c1-29-19-7-5-15(13-20(19)31(27,28)26-9-11-30-12-10-26)18-6-8-21(25-24-18)23-17-4-2-3-16(22)14-17/h2-8,13-14H,9-12H2,1H3,(H,23,25). The van der Waals surface area contributed by atoms with Crippen LogP contribution in [0.5, 0.6) is 5.75 Å². The van der Waals surface area contributed by atoms with Gasteiger partial charge in [0.2, 0.25) is 10.0 Å². The van der Waals surface area contributed by atoms with E-state index < -0.39 is 10.0 Å². The van der Waals surface area contributed by atoms with Gasteiger partial charge in [-0.3, -0.25) is 0 Å². The van der Waals surface area contributed by atoms with Crippen LogP contribution in [-0.2, 0) is 14.8 Å². The summed E-state index contributed by atoms with van der Waals surface area (Å²) in [5.74, 6) is 0.822. The average Bonchev–Trinajstić information content (AvgIpc) is 2.80. The molecule has 0 atom stereocenters. The molecule has 3 aromatic rings. The molecule has 0 saturated carbocycles. The van der Waals surface area contributed by atoms with E-state index in [9.17, 15) is 8.42 Å². The topological polar surface area (TPSA) is 93.7 Å². The van der Waals surface area contributed by atoms with Gasteiger partial charge in [-0.2, -0.15) is 4.31 Å². The molecule has 0 aliphatic carbocycles. The molecule has 4 rings (SSSR count). The zero-order chi connectivity index (χ0) is 21.8. The number of halogens is 1. The van der Waals surface area contributed by atoms with Crippen LogP contribution in [0.25, 0.3) is 11.3 Å². The molecule has 1 saturated heterocycles. The number of anilines is 2. The Morgan fingerprint density at radius 1 is 1.06 bits per heavy atom. The van der Waals surface area contributed by atoms with Crippen LogP contribution >= 0.6 is 11.6 Å². The number of hydrogen-bond donors (Lipinski definition) is 1. The molecular formula is C21H21ClN4O4S. The molecular weight excluding hydrogens is 440 g/mol. The fraction of sp³-hybridized carbons (Fsp3) is 0.238. The van der Waals surface area contributed by atoms with Crippen LogP contribution in [0.2, 0.25) is 5.02 Å². The predicted octanol–water partition coefficient (Wildman–Crippen LogP) is 3.57. The van der Waals surface area contributed by atoms with Crippen molar-refractivity contribution in [2.45, 2.75) is 4.90 Å². The highest BCUT2D eigenvalue weighted by Gasteiger charge is 2.29. The van der Waals surface area contributed by atoms with E-state index in [0.29, 0.717) is 48.4 Å². The van der Waals surface area contributed by atoms with Crippen LogP contribution in [0.4, 0.5) is 11.5 Å². The van der Waals surface area contributed by atoms with Crippen molar-refractivity contribution in [2.75, 3.05) is 38.7 Å². The van der Waals surface area contributed by atoms with E-state index in [4.69, 9.17) is 21.1 Å². The summed E-state index contributed by atoms with van der Waals surface area (Å²) in [4.78, 5) is 0.0947. The molecule has 8 nitrogen and oxygen atoms in total. The molecule has 10 heteroatoms. The average molecular weight is 461 g/mol. The van der Waals surface area contributed by atoms with Crippen molar-refractivity contribution in [3.05, 3.63) is 59.6 Å². The second-order valence-corrected chi connectivity index (χ2v) is 9.16. The van der Waals surface area contributed by atoms with Crippen molar-refractivity contribution >= 4 is 33.1 Å². The van der Waals surface area contributed by atoms with Crippen LogP contribution in [0, 0.1) is 0 Å². The summed E-state index contributed by atoms with van der Waals surface area (Å²) in [6, 6.07) is 15.8. The maximum absolute atomic E-state index is 13.2. The van der Waals surface area contributed by atoms with Gasteiger partial charge < -0.3 is 14.8 Å². The lowest BCUT2D eigenvalue weighted by Gasteiger charge is -2.26. The normalized spacial score (nSPS) is 14.9. The third-order valence-electron chi connectivity index (χ3n) is 4.81. The Bertz CT molecular complexity index is 1170. The molecule has 1 aliphatic heterocycles. The third kappa shape index (κ3) is 4.80. The summed E-state index contributed by atoms with van der Waals surface area (Å²) in [6.45, 7) is 1.35. The van der Waals surface area contributed by atoms with Gasteiger partial charge in [-0.05, 0) is 48.5 Å². The van der Waals surface area contributed by atoms with Crippen LogP contribution in [0.1, 0.15) is 0 Å². The van der Waals surface area contributed by atoms with Gasteiger partial charge in [-0.1, -0.05) is 17.7 Å². The van der Waals surface area contributed by atoms with Gasteiger partial charge >= 0.3 is 0 Å². The highest BCUT2D eigenvalue weighted by Crippen LogP contribution is 2.32. The van der Waals surface area contributed by atoms with Gasteiger partial charge in [0.25, 0.3) is 0 Å². The lowest BCUT2D eigenvalue weighted by atomic mass is 10.1. The van der Waals surface area contributed by atoms with Gasteiger partial charge in [-0.25, -0.2) is 8.42 Å². The molecule has 1 aliphatic rings. The first kappa shape index (κ1) is 21.5. The number of rotatable bonds is 6. The molecule has 0 bridgehead atoms. The highest BCUT2D eigenvalue weighted by molar-refractivity contribution is 7.89. The van der Waals surface area contributed by atoms with Crippen molar-refractivity contribution in [3.8, 4) is 17.0 Å². The van der Waals surface area contributed by atoms with E-state index in [1.54, 1.807) is 42.5 Å². The maximum atomic E-state index is 13.2. The van der Waals surface area contributed by atoms with Crippen LogP contribution in [0.15, 0.2) is 59.5 Å². The fourth-order valence-corrected chi connectivity index (χ4v) is 5.01. The van der Waals surface area contributed by atoms with Gasteiger partial charge in [0, 0.05) is 29.4 Å². The first-order chi connectivity index (χ1) is 15.0. The summed E-state index contributed by atoms with van der Waals surface area (Å²) in [7, 11) is -2.29. The second-order valence-electron chi connectivity index (χ2n) is 6.82. The van der Waals surface area contributed by atoms with Crippen molar-refractivity contribution in [2.24, 2.45) is 0 Å². The molecule has 0 radical (unpaired) electrons. The van der Waals surface area contributed by atoms with Crippen molar-refractivity contribution < 1.29 is 17.9 Å². The fourth-order valence-electron chi connectivity index (χ4n) is 3.23. The lowest BCUT2D eigenvalue weighted by Crippen LogP contribution is -2.40. The molecule has 1 N–H and O–H groups in total. The van der Waals surface area contributed by atoms with Crippen LogP contribution in [0.3, 0.4) is 0 Å². The van der Waals surface area contributed by atoms with E-state index >= 15 is 0 Å². The summed E-state index contributed by atoms with van der Waals surface area (Å²) in [5.41, 5.74) is 1.95. The Morgan fingerprint density at radius 3 is 2.55 bits per heavy atom. The summed E-state index contributed by atoms with van der Waals surface area (Å²) >= 11 is 6.00. The third-order valence-corrected chi connectivity index (χ3v) is 6.96. The summed E-state index contributed by atoms with van der Waals surface area (Å²) in [6.07, 6.45) is 0. The second kappa shape index (κ2) is 9.19. The number of nitrogens with one attached hydrogen (secondary N) is 1. The number of ether oxygens (including phenoxy) is 2. The van der Waals surface area contributed by atoms with E-state index in [1.165, 1.54) is 11.4 Å². The number of benzene rings is 2. The van der Waals surface area contributed by atoms with Crippen LogP contribution < -0.4 is 10.1 Å². The monoisotopic (exact) mass is 460 g/mol. The minimum Gasteiger partial charge on any atom is -0.495 e. The number of nitrogens with zero attached hydrogens (tertiary/aromatic N) is 3. The Balaban J connectivity index is 1.62. The van der Waals surface area contributed by atoms with Crippen molar-refractivity contribution in [1.82, 2.24) is 14.5 Å².